The van der Waals surface area contributed by atoms with E-state index in [2.05, 4.69) is 37.4 Å². The minimum absolute atomic E-state index is 0.0598. The topological polar surface area (TPSA) is 38.3 Å². The molecular formula is C15H19NO2S. The van der Waals surface area contributed by atoms with Crippen LogP contribution in [0.5, 0.6) is 5.75 Å². The third kappa shape index (κ3) is 2.73. The van der Waals surface area contributed by atoms with E-state index in [-0.39, 0.29) is 16.8 Å². The number of carbonyl (C=O) groups is 1. The van der Waals surface area contributed by atoms with Crippen LogP contribution in [-0.2, 0) is 17.6 Å². The molecule has 1 unspecified atom stereocenters. The van der Waals surface area contributed by atoms with Gasteiger partial charge in [-0.15, -0.1) is 11.8 Å². The van der Waals surface area contributed by atoms with Gasteiger partial charge < -0.3 is 10.1 Å². The maximum absolute atomic E-state index is 11.6. The first-order valence-corrected chi connectivity index (χ1v) is 7.78. The number of nitrogens with one attached hydrogen (secondary N) is 1. The monoisotopic (exact) mass is 277 g/mol. The van der Waals surface area contributed by atoms with Crippen molar-refractivity contribution in [3.8, 4) is 5.75 Å². The molecule has 1 aromatic carbocycles. The molecule has 1 atom stereocenters. The number of hydrogen-bond donors (Lipinski definition) is 1. The molecule has 102 valence electrons. The van der Waals surface area contributed by atoms with Gasteiger partial charge >= 0.3 is 0 Å². The minimum Gasteiger partial charge on any atom is -0.488 e. The molecule has 2 aliphatic rings. The molecule has 2 aliphatic heterocycles. The lowest BCUT2D eigenvalue weighted by atomic mass is 9.92. The zero-order chi connectivity index (χ0) is 13.5. The van der Waals surface area contributed by atoms with Gasteiger partial charge in [-0.2, -0.15) is 0 Å². The Morgan fingerprint density at radius 1 is 1.47 bits per heavy atom. The van der Waals surface area contributed by atoms with E-state index < -0.39 is 0 Å². The summed E-state index contributed by atoms with van der Waals surface area (Å²) in [4.78, 5) is 11.6. The van der Waals surface area contributed by atoms with E-state index in [1.165, 1.54) is 11.1 Å². The minimum atomic E-state index is -0.0598. The van der Waals surface area contributed by atoms with E-state index >= 15 is 0 Å². The van der Waals surface area contributed by atoms with Crippen molar-refractivity contribution < 1.29 is 9.53 Å². The summed E-state index contributed by atoms with van der Waals surface area (Å²) in [6.07, 6.45) is 2.91. The Hall–Kier alpha value is -1.16. The molecule has 0 radical (unpaired) electrons. The van der Waals surface area contributed by atoms with Crippen LogP contribution in [0, 0.1) is 0 Å². The molecule has 1 saturated heterocycles. The van der Waals surface area contributed by atoms with Crippen LogP contribution in [0.2, 0.25) is 0 Å². The average molecular weight is 277 g/mol. The highest BCUT2D eigenvalue weighted by molar-refractivity contribution is 8.01. The van der Waals surface area contributed by atoms with Crippen LogP contribution < -0.4 is 10.1 Å². The Bertz CT molecular complexity index is 513. The third-order valence-electron chi connectivity index (χ3n) is 3.75. The van der Waals surface area contributed by atoms with Crippen molar-refractivity contribution in [3.05, 3.63) is 29.3 Å². The van der Waals surface area contributed by atoms with Crippen molar-refractivity contribution in [2.24, 2.45) is 0 Å². The first kappa shape index (κ1) is 12.9. The lowest BCUT2D eigenvalue weighted by Gasteiger charge is -2.32. The number of fused-ring (bicyclic) bond motifs is 1. The van der Waals surface area contributed by atoms with Crippen molar-refractivity contribution in [1.82, 2.24) is 5.32 Å². The van der Waals surface area contributed by atoms with E-state index in [0.717, 1.165) is 30.9 Å². The molecule has 0 saturated carbocycles. The first-order chi connectivity index (χ1) is 9.03. The van der Waals surface area contributed by atoms with Gasteiger partial charge in [-0.3, -0.25) is 4.79 Å². The second-order valence-electron chi connectivity index (χ2n) is 5.85. The fraction of sp³-hybridized carbons (Fsp3) is 0.533. The second kappa shape index (κ2) is 4.75. The van der Waals surface area contributed by atoms with Crippen molar-refractivity contribution in [2.75, 3.05) is 5.88 Å². The summed E-state index contributed by atoms with van der Waals surface area (Å²) in [5.74, 6) is 1.91. The highest BCUT2D eigenvalue weighted by Crippen LogP contribution is 2.34. The predicted molar refractivity (Wildman–Crippen MR) is 77.6 cm³/mol. The molecule has 4 heteroatoms. The van der Waals surface area contributed by atoms with Crippen LogP contribution >= 0.6 is 11.8 Å². The van der Waals surface area contributed by atoms with Gasteiger partial charge in [-0.25, -0.2) is 0 Å². The largest absolute Gasteiger partial charge is 0.488 e. The Morgan fingerprint density at radius 2 is 2.32 bits per heavy atom. The number of rotatable bonds is 2. The van der Waals surface area contributed by atoms with Gasteiger partial charge in [0.1, 0.15) is 11.4 Å². The zero-order valence-corrected chi connectivity index (χ0v) is 12.2. The maximum atomic E-state index is 11.6. The standard InChI is InChI=1S/C15H19NO2S/c1-15(2)6-5-11-7-10(3-4-12(11)18-15)8-13-14(17)16-9-19-13/h3-4,7,13H,5-6,8-9H2,1-2H3,(H,16,17). The molecule has 1 fully saturated rings. The third-order valence-corrected chi connectivity index (χ3v) is 4.85. The molecule has 19 heavy (non-hydrogen) atoms. The fourth-order valence-corrected chi connectivity index (χ4v) is 3.58. The molecule has 1 aromatic rings. The van der Waals surface area contributed by atoms with E-state index in [0.29, 0.717) is 0 Å². The summed E-state index contributed by atoms with van der Waals surface area (Å²) < 4.78 is 5.98. The van der Waals surface area contributed by atoms with Gasteiger partial charge in [0, 0.05) is 0 Å². The maximum Gasteiger partial charge on any atom is 0.234 e. The number of carbonyl (C=O) groups excluding carboxylic acids is 1. The number of amides is 1. The summed E-state index contributed by atoms with van der Waals surface area (Å²) in [7, 11) is 0. The summed E-state index contributed by atoms with van der Waals surface area (Å²) in [6, 6.07) is 6.35. The lowest BCUT2D eigenvalue weighted by molar-refractivity contribution is -0.119. The molecule has 1 amide bonds. The van der Waals surface area contributed by atoms with Crippen molar-refractivity contribution >= 4 is 17.7 Å². The van der Waals surface area contributed by atoms with E-state index in [1.54, 1.807) is 11.8 Å². The van der Waals surface area contributed by atoms with Crippen molar-refractivity contribution in [3.63, 3.8) is 0 Å². The van der Waals surface area contributed by atoms with Crippen LogP contribution in [-0.4, -0.2) is 22.6 Å². The molecule has 2 heterocycles. The Balaban J connectivity index is 1.77. The molecule has 0 aromatic heterocycles. The summed E-state index contributed by atoms with van der Waals surface area (Å²) >= 11 is 1.69. The van der Waals surface area contributed by atoms with Gasteiger partial charge in [-0.05, 0) is 50.3 Å². The molecule has 1 N–H and O–H groups in total. The number of hydrogen-bond acceptors (Lipinski definition) is 3. The quantitative estimate of drug-likeness (QED) is 0.902. The molecular weight excluding hydrogens is 258 g/mol. The van der Waals surface area contributed by atoms with E-state index in [4.69, 9.17) is 4.74 Å². The Kier molecular flexibility index (Phi) is 3.21. The first-order valence-electron chi connectivity index (χ1n) is 6.74. The smallest absolute Gasteiger partial charge is 0.234 e. The summed E-state index contributed by atoms with van der Waals surface area (Å²) in [5, 5.41) is 2.93. The Morgan fingerprint density at radius 3 is 3.05 bits per heavy atom. The highest BCUT2D eigenvalue weighted by atomic mass is 32.2. The SMILES string of the molecule is CC1(C)CCc2cc(CC3SCNC3=O)ccc2O1. The van der Waals surface area contributed by atoms with Gasteiger partial charge in [0.05, 0.1) is 11.1 Å². The fourth-order valence-electron chi connectivity index (χ4n) is 2.61. The van der Waals surface area contributed by atoms with Crippen LogP contribution in [0.15, 0.2) is 18.2 Å². The molecule has 0 aliphatic carbocycles. The van der Waals surface area contributed by atoms with Gasteiger partial charge in [0.25, 0.3) is 0 Å². The average Bonchev–Trinajstić information content (AvgIpc) is 2.75. The zero-order valence-electron chi connectivity index (χ0n) is 11.4. The number of benzene rings is 1. The molecule has 3 rings (SSSR count). The van der Waals surface area contributed by atoms with Crippen LogP contribution in [0.3, 0.4) is 0 Å². The van der Waals surface area contributed by atoms with Crippen molar-refractivity contribution in [1.29, 1.82) is 0 Å². The van der Waals surface area contributed by atoms with Crippen LogP contribution in [0.1, 0.15) is 31.4 Å². The lowest BCUT2D eigenvalue weighted by Crippen LogP contribution is -2.32. The van der Waals surface area contributed by atoms with E-state index in [9.17, 15) is 4.79 Å². The van der Waals surface area contributed by atoms with Gasteiger partial charge in [0.15, 0.2) is 0 Å². The van der Waals surface area contributed by atoms with E-state index in [1.807, 2.05) is 0 Å². The van der Waals surface area contributed by atoms with Gasteiger partial charge in [-0.1, -0.05) is 12.1 Å². The Labute approximate surface area is 118 Å². The molecule has 0 bridgehead atoms. The normalized spacial score (nSPS) is 24.5. The highest BCUT2D eigenvalue weighted by Gasteiger charge is 2.28. The number of aryl methyl sites for hydroxylation is 1. The molecule has 0 spiro atoms. The van der Waals surface area contributed by atoms with Gasteiger partial charge in [0.2, 0.25) is 5.91 Å². The second-order valence-corrected chi connectivity index (χ2v) is 7.04. The van der Waals surface area contributed by atoms with Crippen LogP contribution in [0.25, 0.3) is 0 Å². The predicted octanol–water partition coefficient (Wildman–Crippen LogP) is 2.52. The van der Waals surface area contributed by atoms with Crippen molar-refractivity contribution in [2.45, 2.75) is 44.0 Å². The number of ether oxygens (including phenoxy) is 1. The van der Waals surface area contributed by atoms with Crippen LogP contribution in [0.4, 0.5) is 0 Å². The summed E-state index contributed by atoms with van der Waals surface area (Å²) in [6.45, 7) is 4.26. The molecule has 3 nitrogen and oxygen atoms in total. The number of thioether (sulfide) groups is 1. The summed E-state index contributed by atoms with van der Waals surface area (Å²) in [5.41, 5.74) is 2.45.